The van der Waals surface area contributed by atoms with Gasteiger partial charge in [0.25, 0.3) is 0 Å². The Hall–Kier alpha value is -1.86. The van der Waals surface area contributed by atoms with Crippen LogP contribution in [0.5, 0.6) is 0 Å². The first-order valence-corrected chi connectivity index (χ1v) is 5.44. The highest BCUT2D eigenvalue weighted by atomic mass is 16.3. The van der Waals surface area contributed by atoms with Gasteiger partial charge in [0, 0.05) is 5.56 Å². The Bertz CT molecular complexity index is 602. The second kappa shape index (κ2) is 3.62. The Morgan fingerprint density at radius 3 is 1.75 bits per heavy atom. The van der Waals surface area contributed by atoms with Crippen LogP contribution >= 0.6 is 0 Å². The average molecular weight is 209 g/mol. The van der Waals surface area contributed by atoms with E-state index >= 15 is 0 Å². The molecule has 3 aromatic carbocycles. The summed E-state index contributed by atoms with van der Waals surface area (Å²) in [6.07, 6.45) is 0. The Balaban J connectivity index is 2.56. The predicted molar refractivity (Wildman–Crippen MR) is 68.8 cm³/mol. The lowest BCUT2D eigenvalue weighted by atomic mass is 9.97. The van der Waals surface area contributed by atoms with Gasteiger partial charge in [-0.05, 0) is 27.6 Å². The van der Waals surface area contributed by atoms with Crippen LogP contribution in [-0.2, 0) is 6.61 Å². The van der Waals surface area contributed by atoms with Gasteiger partial charge in [-0.3, -0.25) is 0 Å². The average Bonchev–Trinajstić information content (AvgIpc) is 2.36. The first-order chi connectivity index (χ1) is 7.90. The SMILES string of the molecule is [OH2+]Cc1c2ccccc2cc2ccccc12. The first kappa shape index (κ1) is 9.37. The molecule has 0 saturated carbocycles. The molecule has 3 rings (SSSR count). The van der Waals surface area contributed by atoms with Gasteiger partial charge in [-0.2, -0.15) is 0 Å². The van der Waals surface area contributed by atoms with E-state index < -0.39 is 0 Å². The molecular formula is C15H13O+. The summed E-state index contributed by atoms with van der Waals surface area (Å²) in [7, 11) is 0. The number of benzene rings is 3. The zero-order chi connectivity index (χ0) is 11.0. The van der Waals surface area contributed by atoms with Crippen LogP contribution in [-0.4, -0.2) is 5.11 Å². The minimum absolute atomic E-state index is 0.335. The van der Waals surface area contributed by atoms with E-state index in [2.05, 4.69) is 30.3 Å². The molecule has 0 atom stereocenters. The Morgan fingerprint density at radius 2 is 1.25 bits per heavy atom. The molecule has 0 heterocycles. The van der Waals surface area contributed by atoms with Crippen molar-refractivity contribution in [3.05, 3.63) is 60.2 Å². The molecule has 78 valence electrons. The maximum Gasteiger partial charge on any atom is 0.171 e. The van der Waals surface area contributed by atoms with E-state index in [1.807, 2.05) is 24.3 Å². The molecule has 3 aromatic rings. The topological polar surface area (TPSA) is 22.9 Å². The van der Waals surface area contributed by atoms with Gasteiger partial charge in [-0.25, -0.2) is 0 Å². The van der Waals surface area contributed by atoms with Crippen molar-refractivity contribution in [2.75, 3.05) is 0 Å². The maximum atomic E-state index is 7.71. The molecular weight excluding hydrogens is 196 g/mol. The van der Waals surface area contributed by atoms with Crippen molar-refractivity contribution in [2.24, 2.45) is 0 Å². The van der Waals surface area contributed by atoms with Crippen LogP contribution in [0.4, 0.5) is 0 Å². The zero-order valence-corrected chi connectivity index (χ0v) is 8.90. The fourth-order valence-electron chi connectivity index (χ4n) is 2.30. The summed E-state index contributed by atoms with van der Waals surface area (Å²) in [6, 6.07) is 18.8. The van der Waals surface area contributed by atoms with E-state index in [4.69, 9.17) is 5.11 Å². The third-order valence-corrected chi connectivity index (χ3v) is 3.06. The lowest BCUT2D eigenvalue weighted by molar-refractivity contribution is 0.285. The summed E-state index contributed by atoms with van der Waals surface area (Å²) in [5.74, 6) is 0. The predicted octanol–water partition coefficient (Wildman–Crippen LogP) is 3.22. The van der Waals surface area contributed by atoms with Crippen LogP contribution in [0.25, 0.3) is 21.5 Å². The highest BCUT2D eigenvalue weighted by Gasteiger charge is 2.07. The third-order valence-electron chi connectivity index (χ3n) is 3.06. The molecule has 0 radical (unpaired) electrons. The smallest absolute Gasteiger partial charge is 0.171 e. The van der Waals surface area contributed by atoms with E-state index in [9.17, 15) is 0 Å². The highest BCUT2D eigenvalue weighted by Crippen LogP contribution is 2.28. The van der Waals surface area contributed by atoms with E-state index in [0.29, 0.717) is 6.61 Å². The minimum atomic E-state index is 0.335. The number of rotatable bonds is 1. The van der Waals surface area contributed by atoms with Gasteiger partial charge in [0.2, 0.25) is 0 Å². The molecule has 1 heteroatoms. The summed E-state index contributed by atoms with van der Waals surface area (Å²) in [4.78, 5) is 0. The summed E-state index contributed by atoms with van der Waals surface area (Å²) >= 11 is 0. The molecule has 0 aromatic heterocycles. The van der Waals surface area contributed by atoms with Gasteiger partial charge in [-0.1, -0.05) is 48.5 Å². The standard InChI is InChI=1S/C15H12O/c16-10-15-13-7-3-1-5-11(13)9-12-6-2-4-8-14(12)15/h1-9,16H,10H2/p+1. The van der Waals surface area contributed by atoms with Gasteiger partial charge in [0.05, 0.1) is 0 Å². The molecule has 16 heavy (non-hydrogen) atoms. The van der Waals surface area contributed by atoms with Crippen molar-refractivity contribution in [3.63, 3.8) is 0 Å². The number of fused-ring (bicyclic) bond motifs is 2. The Kier molecular flexibility index (Phi) is 2.12. The highest BCUT2D eigenvalue weighted by molar-refractivity contribution is 6.02. The van der Waals surface area contributed by atoms with Crippen LogP contribution in [0.3, 0.4) is 0 Å². The van der Waals surface area contributed by atoms with Crippen LogP contribution in [0.2, 0.25) is 0 Å². The second-order valence-electron chi connectivity index (χ2n) is 3.97. The summed E-state index contributed by atoms with van der Waals surface area (Å²) < 4.78 is 0. The zero-order valence-electron chi connectivity index (χ0n) is 8.90. The molecule has 0 amide bonds. The van der Waals surface area contributed by atoms with Crippen molar-refractivity contribution < 1.29 is 5.11 Å². The summed E-state index contributed by atoms with van der Waals surface area (Å²) in [5, 5.41) is 12.6. The van der Waals surface area contributed by atoms with Gasteiger partial charge in [0.1, 0.15) is 0 Å². The molecule has 0 spiro atoms. The molecule has 0 aliphatic carbocycles. The van der Waals surface area contributed by atoms with Crippen LogP contribution < -0.4 is 0 Å². The van der Waals surface area contributed by atoms with Gasteiger partial charge >= 0.3 is 0 Å². The number of hydrogen-bond donors (Lipinski definition) is 0. The largest absolute Gasteiger partial charge is 0.442 e. The second-order valence-corrected chi connectivity index (χ2v) is 3.97. The van der Waals surface area contributed by atoms with Crippen molar-refractivity contribution >= 4 is 21.5 Å². The van der Waals surface area contributed by atoms with Crippen LogP contribution in [0, 0.1) is 0 Å². The van der Waals surface area contributed by atoms with E-state index in [-0.39, 0.29) is 0 Å². The number of hydrogen-bond acceptors (Lipinski definition) is 0. The lowest BCUT2D eigenvalue weighted by Crippen LogP contribution is -1.88. The van der Waals surface area contributed by atoms with Gasteiger partial charge < -0.3 is 5.11 Å². The van der Waals surface area contributed by atoms with Crippen LogP contribution in [0.1, 0.15) is 5.56 Å². The minimum Gasteiger partial charge on any atom is -0.442 e. The Morgan fingerprint density at radius 1 is 0.750 bits per heavy atom. The lowest BCUT2D eigenvalue weighted by Gasteiger charge is -2.07. The van der Waals surface area contributed by atoms with Gasteiger partial charge in [-0.15, -0.1) is 0 Å². The van der Waals surface area contributed by atoms with E-state index in [1.54, 1.807) is 0 Å². The molecule has 0 aliphatic rings. The van der Waals surface area contributed by atoms with E-state index in [1.165, 1.54) is 21.5 Å². The van der Waals surface area contributed by atoms with Crippen molar-refractivity contribution in [1.82, 2.24) is 0 Å². The molecule has 0 fully saturated rings. The van der Waals surface area contributed by atoms with Crippen molar-refractivity contribution in [2.45, 2.75) is 6.61 Å². The molecule has 0 bridgehead atoms. The molecule has 1 nitrogen and oxygen atoms in total. The maximum absolute atomic E-state index is 7.71. The summed E-state index contributed by atoms with van der Waals surface area (Å²) in [5.41, 5.74) is 1.13. The first-order valence-electron chi connectivity index (χ1n) is 5.44. The molecule has 0 aliphatic heterocycles. The van der Waals surface area contributed by atoms with Crippen molar-refractivity contribution in [1.29, 1.82) is 0 Å². The van der Waals surface area contributed by atoms with Crippen molar-refractivity contribution in [3.8, 4) is 0 Å². The molecule has 0 unspecified atom stereocenters. The summed E-state index contributed by atoms with van der Waals surface area (Å²) in [6.45, 7) is 0.335. The molecule has 2 N–H and O–H groups in total. The van der Waals surface area contributed by atoms with Crippen LogP contribution in [0.15, 0.2) is 54.6 Å². The Labute approximate surface area is 94.0 Å². The molecule has 0 saturated heterocycles. The van der Waals surface area contributed by atoms with E-state index in [0.717, 1.165) is 5.56 Å². The fraction of sp³-hybridized carbons (Fsp3) is 0.0667. The third kappa shape index (κ3) is 1.29. The normalized spacial score (nSPS) is 11.1. The monoisotopic (exact) mass is 209 g/mol. The van der Waals surface area contributed by atoms with Gasteiger partial charge in [0.15, 0.2) is 6.61 Å². The quantitative estimate of drug-likeness (QED) is 0.434. The fourth-order valence-corrected chi connectivity index (χ4v) is 2.30.